The van der Waals surface area contributed by atoms with E-state index in [1.54, 1.807) is 0 Å². The standard InChI is InChI=1S/C18H26N2O2/c1-2-9-20-10-8-15(16(20)6-1)19-13-14-5-3-7-17-18(14)22-12-4-11-21-17/h3,5,7,15-16,19H,1-2,4,6,8-13H2/t15-,16+/m0/s1. The highest BCUT2D eigenvalue weighted by molar-refractivity contribution is 5.47. The highest BCUT2D eigenvalue weighted by atomic mass is 16.5. The lowest BCUT2D eigenvalue weighted by Crippen LogP contribution is -2.44. The number of nitrogens with one attached hydrogen (secondary N) is 1. The molecule has 22 heavy (non-hydrogen) atoms. The van der Waals surface area contributed by atoms with Gasteiger partial charge in [-0.15, -0.1) is 0 Å². The van der Waals surface area contributed by atoms with Gasteiger partial charge in [-0.25, -0.2) is 0 Å². The second-order valence-corrected chi connectivity index (χ2v) is 6.67. The summed E-state index contributed by atoms with van der Waals surface area (Å²) in [4.78, 5) is 2.67. The Morgan fingerprint density at radius 2 is 2.00 bits per heavy atom. The van der Waals surface area contributed by atoms with Gasteiger partial charge >= 0.3 is 0 Å². The van der Waals surface area contributed by atoms with Gasteiger partial charge in [0.2, 0.25) is 0 Å². The molecular weight excluding hydrogens is 276 g/mol. The molecule has 3 aliphatic rings. The minimum atomic E-state index is 0.628. The number of hydrogen-bond donors (Lipinski definition) is 1. The summed E-state index contributed by atoms with van der Waals surface area (Å²) < 4.78 is 11.7. The molecule has 120 valence electrons. The lowest BCUT2D eigenvalue weighted by atomic mass is 9.99. The monoisotopic (exact) mass is 302 g/mol. The fourth-order valence-corrected chi connectivity index (χ4v) is 4.12. The van der Waals surface area contributed by atoms with Crippen LogP contribution in [0.4, 0.5) is 0 Å². The van der Waals surface area contributed by atoms with Gasteiger partial charge in [0, 0.05) is 37.2 Å². The summed E-state index contributed by atoms with van der Waals surface area (Å²) in [6, 6.07) is 7.62. The molecule has 2 atom stereocenters. The smallest absolute Gasteiger partial charge is 0.165 e. The third-order valence-electron chi connectivity index (χ3n) is 5.26. The van der Waals surface area contributed by atoms with Crippen molar-refractivity contribution in [2.75, 3.05) is 26.3 Å². The summed E-state index contributed by atoms with van der Waals surface area (Å²) >= 11 is 0. The fourth-order valence-electron chi connectivity index (χ4n) is 4.12. The van der Waals surface area contributed by atoms with Crippen molar-refractivity contribution in [1.29, 1.82) is 0 Å². The molecule has 1 N–H and O–H groups in total. The van der Waals surface area contributed by atoms with Crippen LogP contribution in [0.5, 0.6) is 11.5 Å². The highest BCUT2D eigenvalue weighted by Gasteiger charge is 2.35. The number of fused-ring (bicyclic) bond motifs is 2. The molecule has 0 unspecified atom stereocenters. The van der Waals surface area contributed by atoms with Crippen molar-refractivity contribution in [3.05, 3.63) is 23.8 Å². The Morgan fingerprint density at radius 1 is 1.05 bits per heavy atom. The van der Waals surface area contributed by atoms with E-state index >= 15 is 0 Å². The van der Waals surface area contributed by atoms with Gasteiger partial charge in [0.25, 0.3) is 0 Å². The van der Waals surface area contributed by atoms with Crippen LogP contribution in [-0.2, 0) is 6.54 Å². The number of para-hydroxylation sites is 1. The van der Waals surface area contributed by atoms with E-state index in [1.165, 1.54) is 44.3 Å². The van der Waals surface area contributed by atoms with E-state index in [1.807, 2.05) is 6.07 Å². The quantitative estimate of drug-likeness (QED) is 0.930. The average molecular weight is 302 g/mol. The topological polar surface area (TPSA) is 33.7 Å². The van der Waals surface area contributed by atoms with Crippen molar-refractivity contribution in [3.63, 3.8) is 0 Å². The van der Waals surface area contributed by atoms with Crippen LogP contribution in [0.3, 0.4) is 0 Å². The van der Waals surface area contributed by atoms with Gasteiger partial charge in [0.15, 0.2) is 11.5 Å². The Hall–Kier alpha value is -1.26. The Kier molecular flexibility index (Phi) is 4.22. The number of nitrogens with zero attached hydrogens (tertiary/aromatic N) is 1. The van der Waals surface area contributed by atoms with Crippen molar-refractivity contribution in [3.8, 4) is 11.5 Å². The van der Waals surface area contributed by atoms with Crippen molar-refractivity contribution in [1.82, 2.24) is 10.2 Å². The molecule has 3 aliphatic heterocycles. The Bertz CT molecular complexity index is 520. The van der Waals surface area contributed by atoms with E-state index in [2.05, 4.69) is 22.3 Å². The molecule has 4 rings (SSSR count). The number of rotatable bonds is 3. The van der Waals surface area contributed by atoms with Gasteiger partial charge in [0.05, 0.1) is 13.2 Å². The van der Waals surface area contributed by atoms with Crippen molar-refractivity contribution >= 4 is 0 Å². The summed E-state index contributed by atoms with van der Waals surface area (Å²) in [5, 5.41) is 3.79. The summed E-state index contributed by atoms with van der Waals surface area (Å²) in [6.45, 7) is 4.93. The third-order valence-corrected chi connectivity index (χ3v) is 5.26. The van der Waals surface area contributed by atoms with E-state index in [9.17, 15) is 0 Å². The Labute approximate surface area is 132 Å². The van der Waals surface area contributed by atoms with Crippen LogP contribution < -0.4 is 14.8 Å². The van der Waals surface area contributed by atoms with Crippen LogP contribution in [0.2, 0.25) is 0 Å². The molecule has 0 saturated carbocycles. The van der Waals surface area contributed by atoms with Crippen LogP contribution in [0.25, 0.3) is 0 Å². The van der Waals surface area contributed by atoms with E-state index in [0.717, 1.165) is 43.7 Å². The van der Waals surface area contributed by atoms with E-state index in [0.29, 0.717) is 6.04 Å². The largest absolute Gasteiger partial charge is 0.490 e. The van der Waals surface area contributed by atoms with Gasteiger partial charge in [-0.05, 0) is 31.9 Å². The highest BCUT2D eigenvalue weighted by Crippen LogP contribution is 2.34. The molecule has 0 spiro atoms. The van der Waals surface area contributed by atoms with Crippen LogP contribution in [0, 0.1) is 0 Å². The van der Waals surface area contributed by atoms with Gasteiger partial charge in [-0.3, -0.25) is 4.90 Å². The number of ether oxygens (including phenoxy) is 2. The molecule has 2 saturated heterocycles. The van der Waals surface area contributed by atoms with E-state index < -0.39 is 0 Å². The molecule has 0 bridgehead atoms. The maximum atomic E-state index is 5.93. The maximum Gasteiger partial charge on any atom is 0.165 e. The van der Waals surface area contributed by atoms with E-state index in [4.69, 9.17) is 9.47 Å². The number of piperidine rings is 1. The normalized spacial score (nSPS) is 28.2. The molecule has 0 aliphatic carbocycles. The first-order valence-electron chi connectivity index (χ1n) is 8.77. The predicted octanol–water partition coefficient (Wildman–Crippen LogP) is 2.56. The minimum Gasteiger partial charge on any atom is -0.490 e. The average Bonchev–Trinajstić information content (AvgIpc) is 2.81. The molecule has 4 heteroatoms. The molecule has 2 fully saturated rings. The number of hydrogen-bond acceptors (Lipinski definition) is 4. The lowest BCUT2D eigenvalue weighted by molar-refractivity contribution is 0.180. The molecule has 0 radical (unpaired) electrons. The first kappa shape index (κ1) is 14.3. The van der Waals surface area contributed by atoms with Crippen LogP contribution >= 0.6 is 0 Å². The van der Waals surface area contributed by atoms with Crippen molar-refractivity contribution in [2.24, 2.45) is 0 Å². The van der Waals surface area contributed by atoms with Crippen LogP contribution in [0.1, 0.15) is 37.7 Å². The van der Waals surface area contributed by atoms with Gasteiger partial charge in [-0.1, -0.05) is 18.6 Å². The molecule has 4 nitrogen and oxygen atoms in total. The second kappa shape index (κ2) is 6.47. The van der Waals surface area contributed by atoms with Crippen molar-refractivity contribution < 1.29 is 9.47 Å². The molecule has 0 aromatic heterocycles. The lowest BCUT2D eigenvalue weighted by Gasteiger charge is -2.32. The summed E-state index contributed by atoms with van der Waals surface area (Å²) in [7, 11) is 0. The molecule has 0 amide bonds. The van der Waals surface area contributed by atoms with Gasteiger partial charge in [-0.2, -0.15) is 0 Å². The van der Waals surface area contributed by atoms with Gasteiger partial charge in [0.1, 0.15) is 0 Å². The zero-order chi connectivity index (χ0) is 14.8. The van der Waals surface area contributed by atoms with Gasteiger partial charge < -0.3 is 14.8 Å². The zero-order valence-electron chi connectivity index (χ0n) is 13.2. The number of benzene rings is 1. The van der Waals surface area contributed by atoms with Crippen molar-refractivity contribution in [2.45, 2.75) is 50.7 Å². The summed E-state index contributed by atoms with van der Waals surface area (Å²) in [5.41, 5.74) is 1.23. The van der Waals surface area contributed by atoms with Crippen LogP contribution in [0.15, 0.2) is 18.2 Å². The zero-order valence-corrected chi connectivity index (χ0v) is 13.2. The SMILES string of the molecule is c1cc(CN[C@H]2CCN3CCCC[C@H]23)c2c(c1)OCCCO2. The molecular formula is C18H26N2O2. The maximum absolute atomic E-state index is 5.93. The Balaban J connectivity index is 1.43. The Morgan fingerprint density at radius 3 is 3.00 bits per heavy atom. The minimum absolute atomic E-state index is 0.628. The summed E-state index contributed by atoms with van der Waals surface area (Å²) in [6.07, 6.45) is 6.35. The first-order valence-corrected chi connectivity index (χ1v) is 8.77. The molecule has 1 aromatic rings. The summed E-state index contributed by atoms with van der Waals surface area (Å²) in [5.74, 6) is 1.86. The van der Waals surface area contributed by atoms with Crippen LogP contribution in [-0.4, -0.2) is 43.3 Å². The third kappa shape index (κ3) is 2.82. The first-order chi connectivity index (χ1) is 10.9. The molecule has 1 aromatic carbocycles. The molecule has 3 heterocycles. The predicted molar refractivity (Wildman–Crippen MR) is 86.5 cm³/mol. The fraction of sp³-hybridized carbons (Fsp3) is 0.667. The van der Waals surface area contributed by atoms with E-state index in [-0.39, 0.29) is 0 Å². The second-order valence-electron chi connectivity index (χ2n) is 6.67.